The van der Waals surface area contributed by atoms with Gasteiger partial charge in [-0.05, 0) is 0 Å². The lowest BCUT2D eigenvalue weighted by Gasteiger charge is -1.97. The van der Waals surface area contributed by atoms with Gasteiger partial charge in [0.1, 0.15) is 0 Å². The Balaban J connectivity index is 2.91. The normalized spacial score (nSPS) is 10.6. The van der Waals surface area contributed by atoms with Crippen LogP contribution < -0.4 is 0 Å². The minimum Gasteiger partial charge on any atom is -0.394 e. The van der Waals surface area contributed by atoms with Crippen LogP contribution in [0.15, 0.2) is 0 Å². The van der Waals surface area contributed by atoms with Crippen molar-refractivity contribution in [2.75, 3.05) is 26.4 Å². The van der Waals surface area contributed by atoms with E-state index >= 15 is 0 Å². The molecule has 0 aromatic rings. The SMILES string of the molecule is O=[SH](=O)OCCOCCO. The molecule has 0 saturated carbocycles. The van der Waals surface area contributed by atoms with Gasteiger partial charge in [-0.1, -0.05) is 0 Å². The van der Waals surface area contributed by atoms with Gasteiger partial charge in [-0.3, -0.25) is 4.18 Å². The zero-order valence-corrected chi connectivity index (χ0v) is 6.25. The molecule has 0 aliphatic rings. The van der Waals surface area contributed by atoms with Gasteiger partial charge >= 0.3 is 0 Å². The summed E-state index contributed by atoms with van der Waals surface area (Å²) in [5, 5.41) is 8.19. The van der Waals surface area contributed by atoms with Crippen molar-refractivity contribution < 1.29 is 22.4 Å². The summed E-state index contributed by atoms with van der Waals surface area (Å²) in [4.78, 5) is 0. The van der Waals surface area contributed by atoms with Crippen LogP contribution in [0.5, 0.6) is 0 Å². The van der Waals surface area contributed by atoms with E-state index < -0.39 is 11.0 Å². The van der Waals surface area contributed by atoms with Gasteiger partial charge in [0.05, 0.1) is 26.4 Å². The first-order valence-corrected chi connectivity index (χ1v) is 3.83. The van der Waals surface area contributed by atoms with Crippen molar-refractivity contribution in [3.63, 3.8) is 0 Å². The molecule has 0 radical (unpaired) electrons. The quantitative estimate of drug-likeness (QED) is 0.376. The monoisotopic (exact) mass is 170 g/mol. The maximum Gasteiger partial charge on any atom is 0.257 e. The van der Waals surface area contributed by atoms with Gasteiger partial charge in [0.15, 0.2) is 0 Å². The third kappa shape index (κ3) is 7.83. The predicted octanol–water partition coefficient (Wildman–Crippen LogP) is -1.46. The molecule has 5 nitrogen and oxygen atoms in total. The summed E-state index contributed by atoms with van der Waals surface area (Å²) in [5.41, 5.74) is 0. The number of aliphatic hydroxyl groups excluding tert-OH is 1. The summed E-state index contributed by atoms with van der Waals surface area (Å²) < 4.78 is 28.3. The average Bonchev–Trinajstić information content (AvgIpc) is 1.87. The summed E-state index contributed by atoms with van der Waals surface area (Å²) in [6, 6.07) is 0. The summed E-state index contributed by atoms with van der Waals surface area (Å²) in [7, 11) is -2.76. The summed E-state index contributed by atoms with van der Waals surface area (Å²) >= 11 is 0. The molecule has 0 amide bonds. The molecule has 0 spiro atoms. The van der Waals surface area contributed by atoms with Gasteiger partial charge in [-0.2, -0.15) is 0 Å². The maximum absolute atomic E-state index is 9.74. The first-order valence-electron chi connectivity index (χ1n) is 2.73. The Morgan fingerprint density at radius 3 is 2.40 bits per heavy atom. The number of aliphatic hydroxyl groups is 1. The van der Waals surface area contributed by atoms with Crippen molar-refractivity contribution in [1.29, 1.82) is 0 Å². The number of hydrogen-bond acceptors (Lipinski definition) is 5. The molecule has 0 unspecified atom stereocenters. The molecule has 0 aromatic heterocycles. The van der Waals surface area contributed by atoms with E-state index in [0.29, 0.717) is 0 Å². The molecule has 6 heteroatoms. The molecule has 1 N–H and O–H groups in total. The van der Waals surface area contributed by atoms with Crippen molar-refractivity contribution >= 4 is 11.0 Å². The zero-order valence-electron chi connectivity index (χ0n) is 5.36. The predicted molar refractivity (Wildman–Crippen MR) is 34.2 cm³/mol. The molecular formula is C4H10O5S. The smallest absolute Gasteiger partial charge is 0.257 e. The van der Waals surface area contributed by atoms with E-state index in [1.54, 1.807) is 0 Å². The second-order valence-corrected chi connectivity index (χ2v) is 2.10. The van der Waals surface area contributed by atoms with Gasteiger partial charge in [0.25, 0.3) is 11.0 Å². The van der Waals surface area contributed by atoms with Gasteiger partial charge < -0.3 is 9.84 Å². The average molecular weight is 170 g/mol. The van der Waals surface area contributed by atoms with Gasteiger partial charge in [0, 0.05) is 0 Å². The van der Waals surface area contributed by atoms with Crippen LogP contribution in [0.25, 0.3) is 0 Å². The highest BCUT2D eigenvalue weighted by Crippen LogP contribution is 1.76. The third-order valence-corrected chi connectivity index (χ3v) is 1.05. The van der Waals surface area contributed by atoms with Gasteiger partial charge in [-0.25, -0.2) is 8.42 Å². The molecule has 0 aliphatic heterocycles. The van der Waals surface area contributed by atoms with E-state index in [4.69, 9.17) is 9.84 Å². The number of rotatable bonds is 6. The largest absolute Gasteiger partial charge is 0.394 e. The van der Waals surface area contributed by atoms with Crippen LogP contribution in [0.1, 0.15) is 0 Å². The van der Waals surface area contributed by atoms with E-state index in [1.807, 2.05) is 0 Å². The standard InChI is InChI=1S/C4H10O5S/c5-1-2-8-3-4-9-10(6)7/h5,10H,1-4H2. The molecule has 10 heavy (non-hydrogen) atoms. The fourth-order valence-electron chi connectivity index (χ4n) is 0.337. The van der Waals surface area contributed by atoms with Crippen LogP contribution >= 0.6 is 0 Å². The third-order valence-electron chi connectivity index (χ3n) is 0.660. The second kappa shape index (κ2) is 6.94. The molecule has 0 fully saturated rings. The van der Waals surface area contributed by atoms with E-state index in [1.165, 1.54) is 0 Å². The molecule has 0 aliphatic carbocycles. The highest BCUT2D eigenvalue weighted by Gasteiger charge is 1.87. The lowest BCUT2D eigenvalue weighted by molar-refractivity contribution is 0.0729. The Morgan fingerprint density at radius 1 is 1.20 bits per heavy atom. The molecule has 0 atom stereocenters. The Labute approximate surface area is 60.7 Å². The second-order valence-electron chi connectivity index (χ2n) is 1.39. The van der Waals surface area contributed by atoms with Crippen molar-refractivity contribution in [2.45, 2.75) is 0 Å². The van der Waals surface area contributed by atoms with Crippen LogP contribution in [0.2, 0.25) is 0 Å². The van der Waals surface area contributed by atoms with E-state index in [0.717, 1.165) is 0 Å². The summed E-state index contributed by atoms with van der Waals surface area (Å²) in [6.07, 6.45) is 0. The van der Waals surface area contributed by atoms with Crippen molar-refractivity contribution in [3.05, 3.63) is 0 Å². The first kappa shape index (κ1) is 9.83. The first-order chi connectivity index (χ1) is 4.77. The van der Waals surface area contributed by atoms with E-state index in [2.05, 4.69) is 4.18 Å². The molecule has 62 valence electrons. The van der Waals surface area contributed by atoms with Crippen LogP contribution in [0.4, 0.5) is 0 Å². The highest BCUT2D eigenvalue weighted by molar-refractivity contribution is 7.67. The fourth-order valence-corrected chi connectivity index (χ4v) is 0.561. The molecule has 0 rings (SSSR count). The van der Waals surface area contributed by atoms with Crippen LogP contribution in [0.3, 0.4) is 0 Å². The molecular weight excluding hydrogens is 160 g/mol. The Morgan fingerprint density at radius 2 is 1.90 bits per heavy atom. The van der Waals surface area contributed by atoms with Gasteiger partial charge in [-0.15, -0.1) is 0 Å². The summed E-state index contributed by atoms with van der Waals surface area (Å²) in [5.74, 6) is 0. The lowest BCUT2D eigenvalue weighted by Crippen LogP contribution is -2.06. The van der Waals surface area contributed by atoms with Crippen LogP contribution in [-0.4, -0.2) is 40.0 Å². The van der Waals surface area contributed by atoms with Crippen LogP contribution in [-0.2, 0) is 19.9 Å². The van der Waals surface area contributed by atoms with E-state index in [-0.39, 0.29) is 26.4 Å². The number of ether oxygens (including phenoxy) is 1. The Bertz CT molecular complexity index is 124. The Hall–Kier alpha value is -0.170. The van der Waals surface area contributed by atoms with Crippen molar-refractivity contribution in [3.8, 4) is 0 Å². The molecule has 0 saturated heterocycles. The Kier molecular flexibility index (Phi) is 6.83. The molecule has 0 aromatic carbocycles. The lowest BCUT2D eigenvalue weighted by atomic mass is 10.7. The number of hydrogen-bond donors (Lipinski definition) is 2. The van der Waals surface area contributed by atoms with E-state index in [9.17, 15) is 8.42 Å². The summed E-state index contributed by atoms with van der Waals surface area (Å²) in [6.45, 7) is 0.338. The highest BCUT2D eigenvalue weighted by atomic mass is 32.2. The van der Waals surface area contributed by atoms with Crippen LogP contribution in [0, 0.1) is 0 Å². The molecule has 0 bridgehead atoms. The number of thiol groups is 1. The molecule has 0 heterocycles. The zero-order chi connectivity index (χ0) is 7.82. The topological polar surface area (TPSA) is 72.8 Å². The van der Waals surface area contributed by atoms with Crippen molar-refractivity contribution in [1.82, 2.24) is 0 Å². The maximum atomic E-state index is 9.74. The van der Waals surface area contributed by atoms with Crippen molar-refractivity contribution in [2.24, 2.45) is 0 Å². The minimum absolute atomic E-state index is 0.0126. The fraction of sp³-hybridized carbons (Fsp3) is 1.00. The van der Waals surface area contributed by atoms with Gasteiger partial charge in [0.2, 0.25) is 0 Å². The minimum atomic E-state index is -2.76.